The summed E-state index contributed by atoms with van der Waals surface area (Å²) in [4.78, 5) is 20.7. The fourth-order valence-electron chi connectivity index (χ4n) is 4.13. The number of rotatable bonds is 10. The molecule has 0 bridgehead atoms. The molecule has 8 nitrogen and oxygen atoms in total. The van der Waals surface area contributed by atoms with E-state index < -0.39 is 0 Å². The normalized spacial score (nSPS) is 13.6. The van der Waals surface area contributed by atoms with Gasteiger partial charge < -0.3 is 25.1 Å². The Bertz CT molecular complexity index is 1160. The summed E-state index contributed by atoms with van der Waals surface area (Å²) in [5, 5.41) is 14.8. The Labute approximate surface area is 222 Å². The van der Waals surface area contributed by atoms with Crippen molar-refractivity contribution in [3.63, 3.8) is 0 Å². The average Bonchev–Trinajstić information content (AvgIpc) is 2.89. The number of piperazine rings is 1. The monoisotopic (exact) mass is 529 g/mol. The third-order valence-corrected chi connectivity index (χ3v) is 6.93. The number of aromatic hydroxyl groups is 1. The molecule has 10 heteroatoms. The number of aromatic nitrogens is 3. The quantitative estimate of drug-likeness (QED) is 0.407. The van der Waals surface area contributed by atoms with E-state index in [9.17, 15) is 5.11 Å². The summed E-state index contributed by atoms with van der Waals surface area (Å²) in [5.41, 5.74) is 1.98. The molecule has 1 fully saturated rings. The first-order valence-electron chi connectivity index (χ1n) is 12.3. The summed E-state index contributed by atoms with van der Waals surface area (Å²) < 4.78 is 0. The van der Waals surface area contributed by atoms with E-state index in [0.717, 1.165) is 56.7 Å². The lowest BCUT2D eigenvalue weighted by atomic mass is 10.1. The van der Waals surface area contributed by atoms with Gasteiger partial charge in [0.25, 0.3) is 0 Å². The van der Waals surface area contributed by atoms with Crippen LogP contribution in [-0.2, 0) is 12.8 Å². The van der Waals surface area contributed by atoms with Gasteiger partial charge in [-0.2, -0.15) is 15.0 Å². The van der Waals surface area contributed by atoms with Gasteiger partial charge in [-0.15, -0.1) is 0 Å². The summed E-state index contributed by atoms with van der Waals surface area (Å²) in [5.74, 6) is 2.27. The molecule has 0 atom stereocenters. The molecule has 4 rings (SSSR count). The number of hydrogen-bond donors (Lipinski definition) is 2. The SMILES string of the molecule is CN(CCCc1ccc(Cl)cc1Cl)c1nc(N(C)CCc2ccccc2O)nc(N2CCNCC2)n1. The molecule has 1 saturated heterocycles. The third-order valence-electron chi connectivity index (χ3n) is 6.35. The lowest BCUT2D eigenvalue weighted by Crippen LogP contribution is -2.44. The average molecular weight is 531 g/mol. The molecule has 1 aromatic heterocycles. The molecule has 1 aliphatic heterocycles. The highest BCUT2D eigenvalue weighted by molar-refractivity contribution is 6.35. The molecule has 2 heterocycles. The summed E-state index contributed by atoms with van der Waals surface area (Å²) in [6.07, 6.45) is 2.42. The van der Waals surface area contributed by atoms with E-state index in [1.54, 1.807) is 12.1 Å². The van der Waals surface area contributed by atoms with Crippen molar-refractivity contribution in [2.45, 2.75) is 19.3 Å². The van der Waals surface area contributed by atoms with E-state index in [1.165, 1.54) is 0 Å². The molecule has 0 amide bonds. The number of para-hydroxylation sites is 1. The van der Waals surface area contributed by atoms with Gasteiger partial charge in [-0.25, -0.2) is 0 Å². The zero-order chi connectivity index (χ0) is 25.5. The Hall–Kier alpha value is -2.81. The zero-order valence-electron chi connectivity index (χ0n) is 20.8. The molecule has 0 unspecified atom stereocenters. The van der Waals surface area contributed by atoms with Gasteiger partial charge in [-0.1, -0.05) is 47.5 Å². The van der Waals surface area contributed by atoms with Crippen molar-refractivity contribution >= 4 is 41.0 Å². The number of phenols is 1. The molecular formula is C26H33Cl2N7O. The van der Waals surface area contributed by atoms with E-state index in [0.29, 0.717) is 46.6 Å². The minimum absolute atomic E-state index is 0.310. The molecule has 3 aromatic rings. The summed E-state index contributed by atoms with van der Waals surface area (Å²) in [6, 6.07) is 13.1. The van der Waals surface area contributed by atoms with Crippen LogP contribution in [0.5, 0.6) is 5.75 Å². The number of aryl methyl sites for hydroxylation is 1. The number of phenolic OH excluding ortho intramolecular Hbond substituents is 1. The zero-order valence-corrected chi connectivity index (χ0v) is 22.3. The van der Waals surface area contributed by atoms with Crippen LogP contribution in [0.3, 0.4) is 0 Å². The fourth-order valence-corrected chi connectivity index (χ4v) is 4.64. The van der Waals surface area contributed by atoms with Crippen LogP contribution in [-0.4, -0.2) is 73.4 Å². The van der Waals surface area contributed by atoms with Gasteiger partial charge in [0, 0.05) is 63.4 Å². The van der Waals surface area contributed by atoms with Crippen LogP contribution in [0.2, 0.25) is 10.0 Å². The highest BCUT2D eigenvalue weighted by Gasteiger charge is 2.19. The van der Waals surface area contributed by atoms with E-state index in [4.69, 9.17) is 38.2 Å². The van der Waals surface area contributed by atoms with Crippen LogP contribution in [0.1, 0.15) is 17.5 Å². The van der Waals surface area contributed by atoms with Crippen molar-refractivity contribution in [2.24, 2.45) is 0 Å². The number of nitrogens with zero attached hydrogens (tertiary/aromatic N) is 6. The van der Waals surface area contributed by atoms with Gasteiger partial charge >= 0.3 is 0 Å². The highest BCUT2D eigenvalue weighted by Crippen LogP contribution is 2.23. The second-order valence-electron chi connectivity index (χ2n) is 9.03. The lowest BCUT2D eigenvalue weighted by Gasteiger charge is -2.29. The predicted molar refractivity (Wildman–Crippen MR) is 148 cm³/mol. The number of hydrogen-bond acceptors (Lipinski definition) is 8. The minimum Gasteiger partial charge on any atom is -0.508 e. The van der Waals surface area contributed by atoms with Gasteiger partial charge in [0.1, 0.15) is 5.75 Å². The molecule has 192 valence electrons. The Morgan fingerprint density at radius 2 is 1.58 bits per heavy atom. The van der Waals surface area contributed by atoms with Gasteiger partial charge in [-0.05, 0) is 48.6 Å². The maximum Gasteiger partial charge on any atom is 0.232 e. The summed E-state index contributed by atoms with van der Waals surface area (Å²) >= 11 is 12.4. The Morgan fingerprint density at radius 3 is 2.28 bits per heavy atom. The van der Waals surface area contributed by atoms with Crippen molar-refractivity contribution in [3.8, 4) is 5.75 Å². The Morgan fingerprint density at radius 1 is 0.889 bits per heavy atom. The van der Waals surface area contributed by atoms with Gasteiger partial charge in [0.05, 0.1) is 0 Å². The van der Waals surface area contributed by atoms with E-state index in [-0.39, 0.29) is 0 Å². The molecule has 0 saturated carbocycles. The van der Waals surface area contributed by atoms with Crippen LogP contribution >= 0.6 is 23.2 Å². The van der Waals surface area contributed by atoms with Gasteiger partial charge in [0.15, 0.2) is 0 Å². The largest absolute Gasteiger partial charge is 0.508 e. The number of anilines is 3. The molecule has 0 aliphatic carbocycles. The summed E-state index contributed by atoms with van der Waals surface area (Å²) in [6.45, 7) is 4.94. The number of halogens is 2. The van der Waals surface area contributed by atoms with Crippen molar-refractivity contribution in [2.75, 3.05) is 68.1 Å². The number of likely N-dealkylation sites (N-methyl/N-ethyl adjacent to an activating group) is 1. The Kier molecular flexibility index (Phi) is 9.07. The second-order valence-corrected chi connectivity index (χ2v) is 9.88. The van der Waals surface area contributed by atoms with Crippen molar-refractivity contribution in [1.82, 2.24) is 20.3 Å². The van der Waals surface area contributed by atoms with Crippen LogP contribution < -0.4 is 20.0 Å². The third kappa shape index (κ3) is 6.90. The first-order chi connectivity index (χ1) is 17.4. The molecule has 1 aliphatic rings. The smallest absolute Gasteiger partial charge is 0.232 e. The topological polar surface area (TPSA) is 80.7 Å². The first kappa shape index (κ1) is 26.3. The maximum atomic E-state index is 10.1. The number of benzene rings is 2. The fraction of sp³-hybridized carbons (Fsp3) is 0.423. The molecule has 0 radical (unpaired) electrons. The van der Waals surface area contributed by atoms with Crippen LogP contribution in [0.25, 0.3) is 0 Å². The van der Waals surface area contributed by atoms with Crippen molar-refractivity contribution in [1.29, 1.82) is 0 Å². The molecule has 2 N–H and O–H groups in total. The molecule has 36 heavy (non-hydrogen) atoms. The molecule has 2 aromatic carbocycles. The standard InChI is InChI=1S/C26H33Cl2N7O/c1-33(14-5-7-19-9-10-21(27)18-22(19)28)24-30-25(32-26(31-24)35-16-12-29-13-17-35)34(2)15-11-20-6-3-4-8-23(20)36/h3-4,6,8-10,18,29,36H,5,7,11-17H2,1-2H3. The Balaban J connectivity index is 1.48. The van der Waals surface area contributed by atoms with Crippen LogP contribution in [0, 0.1) is 0 Å². The lowest BCUT2D eigenvalue weighted by molar-refractivity contribution is 0.468. The molecular weight excluding hydrogens is 497 g/mol. The van der Waals surface area contributed by atoms with Crippen LogP contribution in [0.15, 0.2) is 42.5 Å². The number of nitrogens with one attached hydrogen (secondary N) is 1. The summed E-state index contributed by atoms with van der Waals surface area (Å²) in [7, 11) is 3.98. The highest BCUT2D eigenvalue weighted by atomic mass is 35.5. The van der Waals surface area contributed by atoms with E-state index >= 15 is 0 Å². The molecule has 0 spiro atoms. The van der Waals surface area contributed by atoms with Crippen LogP contribution in [0.4, 0.5) is 17.8 Å². The second kappa shape index (κ2) is 12.4. The van der Waals surface area contributed by atoms with Crippen molar-refractivity contribution < 1.29 is 5.11 Å². The van der Waals surface area contributed by atoms with E-state index in [1.807, 2.05) is 49.3 Å². The predicted octanol–water partition coefficient (Wildman–Crippen LogP) is 4.04. The maximum absolute atomic E-state index is 10.1. The van der Waals surface area contributed by atoms with Crippen molar-refractivity contribution in [3.05, 3.63) is 63.6 Å². The van der Waals surface area contributed by atoms with Gasteiger partial charge in [-0.3, -0.25) is 0 Å². The minimum atomic E-state index is 0.310. The van der Waals surface area contributed by atoms with Gasteiger partial charge in [0.2, 0.25) is 17.8 Å². The first-order valence-corrected chi connectivity index (χ1v) is 13.0. The van der Waals surface area contributed by atoms with E-state index in [2.05, 4.69) is 15.1 Å².